The molecule has 0 aliphatic heterocycles. The summed E-state index contributed by atoms with van der Waals surface area (Å²) in [6.45, 7) is -1.31. The van der Waals surface area contributed by atoms with Crippen LogP contribution in [0.3, 0.4) is 0 Å². The minimum atomic E-state index is -1.74. The second kappa shape index (κ2) is 9.22. The largest absolute Gasteiger partial charge is 0.452 e. The predicted octanol–water partition coefficient (Wildman–Crippen LogP) is 2.36. The summed E-state index contributed by atoms with van der Waals surface area (Å²) in [5.41, 5.74) is 5.26. The Morgan fingerprint density at radius 3 is 2.46 bits per heavy atom. The molecule has 2 aromatic rings. The number of hydrogen-bond acceptors (Lipinski definition) is 5. The maximum atomic E-state index is 13.5. The number of benzene rings is 2. The predicted molar refractivity (Wildman–Crippen MR) is 96.8 cm³/mol. The second-order valence-corrected chi connectivity index (χ2v) is 6.27. The van der Waals surface area contributed by atoms with Crippen LogP contribution in [0.2, 0.25) is 0 Å². The fourth-order valence-electron chi connectivity index (χ4n) is 1.96. The van der Waals surface area contributed by atoms with Crippen molar-refractivity contribution in [1.82, 2.24) is 5.32 Å². The third-order valence-electron chi connectivity index (χ3n) is 3.32. The Morgan fingerprint density at radius 2 is 1.75 bits per heavy atom. The van der Waals surface area contributed by atoms with E-state index < -0.39 is 54.1 Å². The molecule has 0 aromatic heterocycles. The van der Waals surface area contributed by atoms with E-state index in [9.17, 15) is 27.6 Å². The summed E-state index contributed by atoms with van der Waals surface area (Å²) in [6.07, 6.45) is 0. The number of halogens is 4. The average Bonchev–Trinajstić information content (AvgIpc) is 2.66. The van der Waals surface area contributed by atoms with Gasteiger partial charge in [0.1, 0.15) is 0 Å². The van der Waals surface area contributed by atoms with Crippen LogP contribution in [-0.2, 0) is 14.3 Å². The number of anilines is 2. The molecule has 2 rings (SSSR count). The highest BCUT2D eigenvalue weighted by Gasteiger charge is 2.17. The van der Waals surface area contributed by atoms with Gasteiger partial charge >= 0.3 is 5.97 Å². The Bertz CT molecular complexity index is 940. The minimum absolute atomic E-state index is 0.0497. The minimum Gasteiger partial charge on any atom is -0.452 e. The molecule has 28 heavy (non-hydrogen) atoms. The smallest absolute Gasteiger partial charge is 0.340 e. The number of rotatable bonds is 6. The van der Waals surface area contributed by atoms with Gasteiger partial charge in [0.25, 0.3) is 5.91 Å². The molecule has 0 aliphatic rings. The molecule has 11 heteroatoms. The number of esters is 1. The van der Waals surface area contributed by atoms with Crippen LogP contribution in [0.1, 0.15) is 10.4 Å². The number of nitrogens with two attached hydrogens (primary N) is 1. The summed E-state index contributed by atoms with van der Waals surface area (Å²) < 4.78 is 44.8. The van der Waals surface area contributed by atoms with E-state index >= 15 is 0 Å². The first-order valence-electron chi connectivity index (χ1n) is 7.61. The molecule has 148 valence electrons. The van der Waals surface area contributed by atoms with Crippen molar-refractivity contribution in [3.63, 3.8) is 0 Å². The zero-order chi connectivity index (χ0) is 20.8. The van der Waals surface area contributed by atoms with E-state index in [-0.39, 0.29) is 11.3 Å². The number of hydrogen-bond donors (Lipinski definition) is 3. The van der Waals surface area contributed by atoms with E-state index in [2.05, 4.69) is 21.2 Å². The maximum absolute atomic E-state index is 13.5. The third-order valence-corrected chi connectivity index (χ3v) is 3.82. The van der Waals surface area contributed by atoms with Gasteiger partial charge in [0.05, 0.1) is 17.8 Å². The summed E-state index contributed by atoms with van der Waals surface area (Å²) >= 11 is 3.17. The molecule has 2 aromatic carbocycles. The van der Waals surface area contributed by atoms with Gasteiger partial charge in [0.2, 0.25) is 5.91 Å². The number of amides is 2. The van der Waals surface area contributed by atoms with Crippen LogP contribution in [0.25, 0.3) is 0 Å². The highest BCUT2D eigenvalue weighted by molar-refractivity contribution is 9.10. The van der Waals surface area contributed by atoms with E-state index in [4.69, 9.17) is 10.5 Å². The topological polar surface area (TPSA) is 111 Å². The monoisotopic (exact) mass is 459 g/mol. The summed E-state index contributed by atoms with van der Waals surface area (Å²) in [6, 6.07) is 5.98. The van der Waals surface area contributed by atoms with Crippen molar-refractivity contribution >= 4 is 45.1 Å². The van der Waals surface area contributed by atoms with Crippen LogP contribution >= 0.6 is 15.9 Å². The lowest BCUT2D eigenvalue weighted by Crippen LogP contribution is -2.35. The number of carbonyl (C=O) groups is 3. The number of nitrogen functional groups attached to an aromatic ring is 1. The van der Waals surface area contributed by atoms with Gasteiger partial charge in [-0.15, -0.1) is 0 Å². The highest BCUT2D eigenvalue weighted by atomic mass is 79.9. The summed E-state index contributed by atoms with van der Waals surface area (Å²) in [5, 5.41) is 4.10. The Kier molecular flexibility index (Phi) is 6.99. The lowest BCUT2D eigenvalue weighted by molar-refractivity contribution is -0.126. The van der Waals surface area contributed by atoms with Crippen molar-refractivity contribution in [1.29, 1.82) is 0 Å². The summed E-state index contributed by atoms with van der Waals surface area (Å²) in [4.78, 5) is 35.2. The van der Waals surface area contributed by atoms with E-state index in [1.165, 1.54) is 12.1 Å². The van der Waals surface area contributed by atoms with Crippen LogP contribution in [0.5, 0.6) is 0 Å². The third kappa shape index (κ3) is 5.46. The van der Waals surface area contributed by atoms with E-state index in [0.717, 1.165) is 6.07 Å². The van der Waals surface area contributed by atoms with Gasteiger partial charge in [-0.2, -0.15) is 0 Å². The van der Waals surface area contributed by atoms with Crippen LogP contribution in [-0.4, -0.2) is 30.9 Å². The number of ether oxygens (including phenoxy) is 1. The van der Waals surface area contributed by atoms with Gasteiger partial charge in [-0.1, -0.05) is 15.9 Å². The summed E-state index contributed by atoms with van der Waals surface area (Å²) in [7, 11) is 0. The molecule has 0 aliphatic carbocycles. The first kappa shape index (κ1) is 21.2. The first-order valence-corrected chi connectivity index (χ1v) is 8.40. The standard InChI is InChI=1S/C17H13BrF3N3O4/c18-8-1-3-11(22)9(5-8)17(27)28-7-14(26)23-6-13(25)24-12-4-2-10(19)15(20)16(12)21/h1-5H,6-7,22H2,(H,23,26)(H,24,25). The van der Waals surface area contributed by atoms with Crippen molar-refractivity contribution in [3.05, 3.63) is 57.8 Å². The van der Waals surface area contributed by atoms with Crippen molar-refractivity contribution in [3.8, 4) is 0 Å². The quantitative estimate of drug-likeness (QED) is 0.349. The molecule has 4 N–H and O–H groups in total. The molecule has 0 atom stereocenters. The molecule has 0 saturated heterocycles. The zero-order valence-electron chi connectivity index (χ0n) is 14.0. The Hall–Kier alpha value is -3.08. The molecule has 0 radical (unpaired) electrons. The van der Waals surface area contributed by atoms with Gasteiger partial charge in [-0.05, 0) is 30.3 Å². The fraction of sp³-hybridized carbons (Fsp3) is 0.118. The van der Waals surface area contributed by atoms with Gasteiger partial charge in [-0.25, -0.2) is 18.0 Å². The Balaban J connectivity index is 1.82. The van der Waals surface area contributed by atoms with Crippen molar-refractivity contribution in [2.75, 3.05) is 24.2 Å². The number of carbonyl (C=O) groups excluding carboxylic acids is 3. The van der Waals surface area contributed by atoms with Gasteiger partial charge < -0.3 is 21.1 Å². The number of nitrogens with one attached hydrogen (secondary N) is 2. The average molecular weight is 460 g/mol. The van der Waals surface area contributed by atoms with E-state index in [1.54, 1.807) is 6.07 Å². The van der Waals surface area contributed by atoms with Crippen molar-refractivity contribution in [2.24, 2.45) is 0 Å². The zero-order valence-corrected chi connectivity index (χ0v) is 15.6. The molecule has 2 amide bonds. The maximum Gasteiger partial charge on any atom is 0.340 e. The van der Waals surface area contributed by atoms with Gasteiger partial charge in [0.15, 0.2) is 24.1 Å². The van der Waals surface area contributed by atoms with Crippen LogP contribution in [0.15, 0.2) is 34.8 Å². The summed E-state index contributed by atoms with van der Waals surface area (Å²) in [5.74, 6) is -7.27. The van der Waals surface area contributed by atoms with E-state index in [0.29, 0.717) is 10.5 Å². The Labute approximate surface area is 165 Å². The van der Waals surface area contributed by atoms with Gasteiger partial charge in [-0.3, -0.25) is 9.59 Å². The van der Waals surface area contributed by atoms with Crippen LogP contribution < -0.4 is 16.4 Å². The molecule has 7 nitrogen and oxygen atoms in total. The molecular weight excluding hydrogens is 447 g/mol. The van der Waals surface area contributed by atoms with Gasteiger partial charge in [0, 0.05) is 10.2 Å². The fourth-order valence-corrected chi connectivity index (χ4v) is 2.32. The SMILES string of the molecule is Nc1ccc(Br)cc1C(=O)OCC(=O)NCC(=O)Nc1ccc(F)c(F)c1F. The van der Waals surface area contributed by atoms with Crippen molar-refractivity contribution < 1.29 is 32.3 Å². The molecule has 0 bridgehead atoms. The lowest BCUT2D eigenvalue weighted by Gasteiger charge is -2.09. The van der Waals surface area contributed by atoms with Crippen LogP contribution in [0.4, 0.5) is 24.5 Å². The molecule has 0 heterocycles. The molecule has 0 fully saturated rings. The van der Waals surface area contributed by atoms with Crippen LogP contribution in [0, 0.1) is 17.5 Å². The molecule has 0 spiro atoms. The highest BCUT2D eigenvalue weighted by Crippen LogP contribution is 2.20. The first-order chi connectivity index (χ1) is 13.2. The molecule has 0 saturated carbocycles. The lowest BCUT2D eigenvalue weighted by atomic mass is 10.2. The normalized spacial score (nSPS) is 10.3. The Morgan fingerprint density at radius 1 is 1.04 bits per heavy atom. The van der Waals surface area contributed by atoms with Crippen molar-refractivity contribution in [2.45, 2.75) is 0 Å². The molecule has 0 unspecified atom stereocenters. The molecular formula is C17H13BrF3N3O4. The van der Waals surface area contributed by atoms with E-state index in [1.807, 2.05) is 5.32 Å². The second-order valence-electron chi connectivity index (χ2n) is 5.36.